The highest BCUT2D eigenvalue weighted by Gasteiger charge is 2.12. The lowest BCUT2D eigenvalue weighted by molar-refractivity contribution is 0.394. The van der Waals surface area contributed by atoms with Crippen LogP contribution < -0.4 is 0 Å². The summed E-state index contributed by atoms with van der Waals surface area (Å²) in [5, 5.41) is 3.94. The third kappa shape index (κ3) is 2.60. The van der Waals surface area contributed by atoms with Gasteiger partial charge in [-0.2, -0.15) is 4.98 Å². The van der Waals surface area contributed by atoms with Gasteiger partial charge in [0.15, 0.2) is 5.82 Å². The molecule has 3 aromatic heterocycles. The molecule has 0 aliphatic carbocycles. The number of benzene rings is 1. The van der Waals surface area contributed by atoms with Crippen LogP contribution in [0.4, 0.5) is 0 Å². The molecule has 120 valence electrons. The van der Waals surface area contributed by atoms with E-state index in [4.69, 9.17) is 4.52 Å². The van der Waals surface area contributed by atoms with Crippen molar-refractivity contribution < 1.29 is 4.52 Å². The van der Waals surface area contributed by atoms with E-state index in [1.807, 2.05) is 25.3 Å². The molecule has 1 N–H and O–H groups in total. The van der Waals surface area contributed by atoms with Gasteiger partial charge in [0.2, 0.25) is 11.7 Å². The summed E-state index contributed by atoms with van der Waals surface area (Å²) in [6.07, 6.45) is 5.44. The minimum atomic E-state index is 0.562. The van der Waals surface area contributed by atoms with Crippen LogP contribution in [0.3, 0.4) is 0 Å². The summed E-state index contributed by atoms with van der Waals surface area (Å²) >= 11 is 0. The monoisotopic (exact) mass is 320 g/mol. The van der Waals surface area contributed by atoms with E-state index < -0.39 is 0 Å². The molecule has 7 heteroatoms. The molecule has 0 unspecified atom stereocenters. The first-order valence-corrected chi connectivity index (χ1v) is 7.62. The van der Waals surface area contributed by atoms with Crippen LogP contribution >= 0.6 is 0 Å². The molecular weight excluding hydrogens is 304 g/mol. The molecule has 0 saturated heterocycles. The number of H-pyrrole nitrogens is 1. The molecule has 0 radical (unpaired) electrons. The lowest BCUT2D eigenvalue weighted by Gasteiger charge is -2.07. The number of aryl methyl sites for hydroxylation is 2. The summed E-state index contributed by atoms with van der Waals surface area (Å²) in [7, 11) is 0. The molecule has 4 aromatic rings. The van der Waals surface area contributed by atoms with Crippen LogP contribution in [-0.2, 0) is 6.54 Å². The maximum atomic E-state index is 5.02. The number of rotatable bonds is 4. The Morgan fingerprint density at radius 2 is 1.96 bits per heavy atom. The van der Waals surface area contributed by atoms with Crippen molar-refractivity contribution >= 4 is 0 Å². The van der Waals surface area contributed by atoms with E-state index in [1.54, 1.807) is 19.4 Å². The number of nitrogens with zero attached hydrogens (tertiary/aromatic N) is 5. The summed E-state index contributed by atoms with van der Waals surface area (Å²) in [6.45, 7) is 4.48. The van der Waals surface area contributed by atoms with Gasteiger partial charge in [0.05, 0.1) is 6.33 Å². The minimum absolute atomic E-state index is 0.562. The van der Waals surface area contributed by atoms with Gasteiger partial charge in [0.25, 0.3) is 0 Å². The molecule has 0 amide bonds. The van der Waals surface area contributed by atoms with Crippen molar-refractivity contribution in [2.75, 3.05) is 0 Å². The largest absolute Gasteiger partial charge is 0.348 e. The fraction of sp³-hybridized carbons (Fsp3) is 0.176. The van der Waals surface area contributed by atoms with Crippen molar-refractivity contribution in [2.45, 2.75) is 20.4 Å². The van der Waals surface area contributed by atoms with Gasteiger partial charge >= 0.3 is 0 Å². The number of nitrogens with one attached hydrogen (secondary N) is 1. The summed E-state index contributed by atoms with van der Waals surface area (Å²) in [5.41, 5.74) is 3.97. The van der Waals surface area contributed by atoms with Crippen molar-refractivity contribution in [3.8, 4) is 22.9 Å². The van der Waals surface area contributed by atoms with E-state index in [0.29, 0.717) is 18.3 Å². The lowest BCUT2D eigenvalue weighted by Crippen LogP contribution is -2.02. The van der Waals surface area contributed by atoms with E-state index in [0.717, 1.165) is 28.3 Å². The molecule has 0 fully saturated rings. The van der Waals surface area contributed by atoms with Gasteiger partial charge in [-0.1, -0.05) is 29.4 Å². The van der Waals surface area contributed by atoms with Crippen molar-refractivity contribution in [3.05, 3.63) is 60.1 Å². The topological polar surface area (TPSA) is 85.4 Å². The molecule has 0 aliphatic heterocycles. The zero-order valence-corrected chi connectivity index (χ0v) is 13.4. The first-order valence-electron chi connectivity index (χ1n) is 7.62. The van der Waals surface area contributed by atoms with Crippen LogP contribution in [0.1, 0.15) is 17.1 Å². The number of aromatic amines is 1. The highest BCUT2D eigenvalue weighted by molar-refractivity contribution is 5.55. The van der Waals surface area contributed by atoms with E-state index in [2.05, 4.69) is 41.8 Å². The highest BCUT2D eigenvalue weighted by atomic mass is 16.5. The number of aromatic nitrogens is 6. The fourth-order valence-corrected chi connectivity index (χ4v) is 2.61. The summed E-state index contributed by atoms with van der Waals surface area (Å²) < 4.78 is 7.10. The highest BCUT2D eigenvalue weighted by Crippen LogP contribution is 2.20. The molecule has 0 bridgehead atoms. The molecular formula is C17H16N6O. The Morgan fingerprint density at radius 3 is 2.62 bits per heavy atom. The number of imidazole rings is 2. The predicted molar refractivity (Wildman–Crippen MR) is 88.1 cm³/mol. The van der Waals surface area contributed by atoms with E-state index >= 15 is 0 Å². The second-order valence-corrected chi connectivity index (χ2v) is 5.59. The van der Waals surface area contributed by atoms with Gasteiger partial charge in [-0.3, -0.25) is 0 Å². The molecule has 0 aliphatic rings. The fourth-order valence-electron chi connectivity index (χ4n) is 2.61. The maximum Gasteiger partial charge on any atom is 0.223 e. The summed E-state index contributed by atoms with van der Waals surface area (Å²) in [6, 6.07) is 8.11. The Kier molecular flexibility index (Phi) is 3.45. The zero-order chi connectivity index (χ0) is 16.5. The Bertz CT molecular complexity index is 963. The summed E-state index contributed by atoms with van der Waals surface area (Å²) in [5.74, 6) is 2.02. The summed E-state index contributed by atoms with van der Waals surface area (Å²) in [4.78, 5) is 16.1. The Labute approximate surface area is 138 Å². The van der Waals surface area contributed by atoms with Gasteiger partial charge < -0.3 is 14.1 Å². The standard InChI is InChI=1S/C17H16N6O/c1-11-15(20-10-19-11)17-18-7-8-23(17)9-13-3-5-14(6-4-13)16-21-12(2)24-22-16/h3-8,10H,9H2,1-2H3,(H,19,20). The molecule has 0 spiro atoms. The van der Waals surface area contributed by atoms with Crippen molar-refractivity contribution in [3.63, 3.8) is 0 Å². The first-order chi connectivity index (χ1) is 11.7. The molecule has 0 atom stereocenters. The molecule has 7 nitrogen and oxygen atoms in total. The maximum absolute atomic E-state index is 5.02. The lowest BCUT2D eigenvalue weighted by atomic mass is 10.1. The number of hydrogen-bond acceptors (Lipinski definition) is 5. The van der Waals surface area contributed by atoms with Crippen molar-refractivity contribution in [1.29, 1.82) is 0 Å². The van der Waals surface area contributed by atoms with E-state index in [9.17, 15) is 0 Å². The van der Waals surface area contributed by atoms with E-state index in [1.165, 1.54) is 0 Å². The van der Waals surface area contributed by atoms with Gasteiger partial charge in [-0.25, -0.2) is 9.97 Å². The first kappa shape index (κ1) is 14.4. The van der Waals surface area contributed by atoms with Gasteiger partial charge in [-0.05, 0) is 12.5 Å². The Hall–Kier alpha value is -3.22. The zero-order valence-electron chi connectivity index (χ0n) is 13.4. The number of hydrogen-bond donors (Lipinski definition) is 1. The average Bonchev–Trinajstić information content (AvgIpc) is 3.30. The third-order valence-electron chi connectivity index (χ3n) is 3.85. The molecule has 1 aromatic carbocycles. The quantitative estimate of drug-likeness (QED) is 0.625. The van der Waals surface area contributed by atoms with Crippen molar-refractivity contribution in [1.82, 2.24) is 29.7 Å². The SMILES string of the molecule is Cc1nc(-c2ccc(Cn3ccnc3-c3nc[nH]c3C)cc2)no1. The van der Waals surface area contributed by atoms with Crippen LogP contribution in [0, 0.1) is 13.8 Å². The van der Waals surface area contributed by atoms with Crippen LogP contribution in [0.5, 0.6) is 0 Å². The predicted octanol–water partition coefficient (Wildman–Crippen LogP) is 2.99. The minimum Gasteiger partial charge on any atom is -0.348 e. The Morgan fingerprint density at radius 1 is 1.12 bits per heavy atom. The van der Waals surface area contributed by atoms with Gasteiger partial charge in [0, 0.05) is 37.1 Å². The second-order valence-electron chi connectivity index (χ2n) is 5.59. The van der Waals surface area contributed by atoms with Crippen LogP contribution in [0.15, 0.2) is 47.5 Å². The Balaban J connectivity index is 1.59. The van der Waals surface area contributed by atoms with Crippen LogP contribution in [0.25, 0.3) is 22.9 Å². The normalized spacial score (nSPS) is 11.1. The molecule has 4 rings (SSSR count). The molecule has 3 heterocycles. The van der Waals surface area contributed by atoms with Crippen molar-refractivity contribution in [2.24, 2.45) is 0 Å². The van der Waals surface area contributed by atoms with Gasteiger partial charge in [0.1, 0.15) is 5.69 Å². The third-order valence-corrected chi connectivity index (χ3v) is 3.85. The van der Waals surface area contributed by atoms with Crippen LogP contribution in [-0.4, -0.2) is 29.7 Å². The molecule has 24 heavy (non-hydrogen) atoms. The van der Waals surface area contributed by atoms with E-state index in [-0.39, 0.29) is 0 Å². The second kappa shape index (κ2) is 5.77. The van der Waals surface area contributed by atoms with Gasteiger partial charge in [-0.15, -0.1) is 0 Å². The van der Waals surface area contributed by atoms with Crippen LogP contribution in [0.2, 0.25) is 0 Å². The molecule has 0 saturated carbocycles. The smallest absolute Gasteiger partial charge is 0.223 e. The average molecular weight is 320 g/mol.